The minimum absolute atomic E-state index is 0.156. The van der Waals surface area contributed by atoms with Gasteiger partial charge < -0.3 is 16.4 Å². The Bertz CT molecular complexity index is 606. The third-order valence-corrected chi connectivity index (χ3v) is 3.14. The van der Waals surface area contributed by atoms with E-state index in [1.165, 1.54) is 0 Å². The highest BCUT2D eigenvalue weighted by Gasteiger charge is 2.07. The second-order valence-corrected chi connectivity index (χ2v) is 5.27. The first-order valence-corrected chi connectivity index (χ1v) is 7.04. The Morgan fingerprint density at radius 2 is 1.76 bits per heavy atom. The lowest BCUT2D eigenvalue weighted by Crippen LogP contribution is -2.21. The van der Waals surface area contributed by atoms with Crippen molar-refractivity contribution < 1.29 is 4.79 Å². The zero-order valence-electron chi connectivity index (χ0n) is 12.4. The first kappa shape index (κ1) is 15.1. The number of rotatable bonds is 5. The van der Waals surface area contributed by atoms with Crippen molar-refractivity contribution in [3.05, 3.63) is 59.7 Å². The van der Waals surface area contributed by atoms with E-state index >= 15 is 0 Å². The van der Waals surface area contributed by atoms with Crippen molar-refractivity contribution in [2.45, 2.75) is 26.4 Å². The average molecular weight is 283 g/mol. The van der Waals surface area contributed by atoms with Crippen LogP contribution in [-0.4, -0.2) is 11.9 Å². The molecule has 2 aromatic carbocycles. The summed E-state index contributed by atoms with van der Waals surface area (Å²) < 4.78 is 0. The number of para-hydroxylation sites is 2. The number of nitrogens with two attached hydrogens (primary N) is 1. The largest absolute Gasteiger partial charge is 0.397 e. The summed E-state index contributed by atoms with van der Waals surface area (Å²) in [4.78, 5) is 12.2. The Kier molecular flexibility index (Phi) is 4.95. The lowest BCUT2D eigenvalue weighted by atomic mass is 10.1. The summed E-state index contributed by atoms with van der Waals surface area (Å²) in [5.74, 6) is -0.156. The molecule has 110 valence electrons. The molecule has 0 heterocycles. The lowest BCUT2D eigenvalue weighted by Gasteiger charge is -2.10. The van der Waals surface area contributed by atoms with Gasteiger partial charge in [0.15, 0.2) is 0 Å². The van der Waals surface area contributed by atoms with Crippen LogP contribution in [0.2, 0.25) is 0 Å². The minimum atomic E-state index is -0.156. The van der Waals surface area contributed by atoms with E-state index < -0.39 is 0 Å². The number of amides is 1. The lowest BCUT2D eigenvalue weighted by molar-refractivity contribution is 0.102. The molecule has 1 amide bonds. The van der Waals surface area contributed by atoms with Crippen molar-refractivity contribution in [3.8, 4) is 0 Å². The Morgan fingerprint density at radius 1 is 1.10 bits per heavy atom. The van der Waals surface area contributed by atoms with Crippen LogP contribution in [0, 0.1) is 0 Å². The van der Waals surface area contributed by atoms with Gasteiger partial charge in [0.05, 0.1) is 11.4 Å². The van der Waals surface area contributed by atoms with E-state index in [0.29, 0.717) is 23.0 Å². The molecule has 0 saturated carbocycles. The quantitative estimate of drug-likeness (QED) is 0.739. The number of nitrogens with one attached hydrogen (secondary N) is 2. The van der Waals surface area contributed by atoms with Gasteiger partial charge in [-0.2, -0.15) is 0 Å². The van der Waals surface area contributed by atoms with Crippen LogP contribution in [-0.2, 0) is 6.54 Å². The molecular formula is C17H21N3O. The number of hydrogen-bond donors (Lipinski definition) is 3. The van der Waals surface area contributed by atoms with Crippen LogP contribution in [0.3, 0.4) is 0 Å². The van der Waals surface area contributed by atoms with Crippen LogP contribution in [0.25, 0.3) is 0 Å². The molecule has 4 heteroatoms. The number of anilines is 2. The number of hydrogen-bond acceptors (Lipinski definition) is 3. The molecule has 21 heavy (non-hydrogen) atoms. The summed E-state index contributed by atoms with van der Waals surface area (Å²) in [5, 5.41) is 6.16. The number of nitrogen functional groups attached to an aromatic ring is 1. The van der Waals surface area contributed by atoms with E-state index in [2.05, 4.69) is 24.5 Å². The molecule has 2 aromatic rings. The van der Waals surface area contributed by atoms with E-state index in [1.807, 2.05) is 36.4 Å². The van der Waals surface area contributed by atoms with Crippen molar-refractivity contribution in [2.24, 2.45) is 0 Å². The van der Waals surface area contributed by atoms with Gasteiger partial charge >= 0.3 is 0 Å². The summed E-state index contributed by atoms with van der Waals surface area (Å²) in [6.07, 6.45) is 0. The summed E-state index contributed by atoms with van der Waals surface area (Å²) in [7, 11) is 0. The summed E-state index contributed by atoms with van der Waals surface area (Å²) in [5.41, 5.74) is 8.78. The standard InChI is InChI=1S/C17H21N3O/c1-12(2)19-11-13-7-9-14(10-8-13)17(21)20-16-6-4-3-5-15(16)18/h3-10,12,19H,11,18H2,1-2H3,(H,20,21). The normalized spacial score (nSPS) is 10.6. The molecule has 0 spiro atoms. The predicted molar refractivity (Wildman–Crippen MR) is 87.2 cm³/mol. The van der Waals surface area contributed by atoms with Gasteiger partial charge in [-0.1, -0.05) is 38.1 Å². The van der Waals surface area contributed by atoms with Crippen LogP contribution in [0.1, 0.15) is 29.8 Å². The maximum Gasteiger partial charge on any atom is 0.255 e. The molecule has 4 N–H and O–H groups in total. The fourth-order valence-corrected chi connectivity index (χ4v) is 1.90. The molecule has 0 unspecified atom stereocenters. The Hall–Kier alpha value is -2.33. The van der Waals surface area contributed by atoms with Gasteiger partial charge in [0.25, 0.3) is 5.91 Å². The van der Waals surface area contributed by atoms with Crippen LogP contribution >= 0.6 is 0 Å². The second-order valence-electron chi connectivity index (χ2n) is 5.27. The van der Waals surface area contributed by atoms with Gasteiger partial charge in [-0.15, -0.1) is 0 Å². The van der Waals surface area contributed by atoms with Crippen LogP contribution < -0.4 is 16.4 Å². The van der Waals surface area contributed by atoms with Gasteiger partial charge in [0.1, 0.15) is 0 Å². The van der Waals surface area contributed by atoms with E-state index in [9.17, 15) is 4.79 Å². The summed E-state index contributed by atoms with van der Waals surface area (Å²) in [6.45, 7) is 5.00. The minimum Gasteiger partial charge on any atom is -0.397 e. The third kappa shape index (κ3) is 4.33. The molecule has 4 nitrogen and oxygen atoms in total. The zero-order valence-corrected chi connectivity index (χ0v) is 12.4. The molecular weight excluding hydrogens is 262 g/mol. The molecule has 0 aromatic heterocycles. The van der Waals surface area contributed by atoms with Crippen LogP contribution in [0.15, 0.2) is 48.5 Å². The highest BCUT2D eigenvalue weighted by molar-refractivity contribution is 6.05. The monoisotopic (exact) mass is 283 g/mol. The van der Waals surface area contributed by atoms with Gasteiger partial charge in [0, 0.05) is 18.2 Å². The fourth-order valence-electron chi connectivity index (χ4n) is 1.90. The van der Waals surface area contributed by atoms with Crippen LogP contribution in [0.4, 0.5) is 11.4 Å². The van der Waals surface area contributed by atoms with E-state index in [0.717, 1.165) is 12.1 Å². The maximum absolute atomic E-state index is 12.2. The third-order valence-electron chi connectivity index (χ3n) is 3.14. The molecule has 0 fully saturated rings. The van der Waals surface area contributed by atoms with Gasteiger partial charge in [-0.3, -0.25) is 4.79 Å². The number of carbonyl (C=O) groups excluding carboxylic acids is 1. The summed E-state index contributed by atoms with van der Waals surface area (Å²) in [6, 6.07) is 15.2. The molecule has 0 radical (unpaired) electrons. The second kappa shape index (κ2) is 6.90. The van der Waals surface area contributed by atoms with Gasteiger partial charge in [0.2, 0.25) is 0 Å². The molecule has 0 aliphatic heterocycles. The predicted octanol–water partition coefficient (Wildman–Crippen LogP) is 3.02. The highest BCUT2D eigenvalue weighted by atomic mass is 16.1. The van der Waals surface area contributed by atoms with Crippen molar-refractivity contribution >= 4 is 17.3 Å². The number of benzene rings is 2. The van der Waals surface area contributed by atoms with Crippen molar-refractivity contribution in [1.82, 2.24) is 5.32 Å². The smallest absolute Gasteiger partial charge is 0.255 e. The average Bonchev–Trinajstić information content (AvgIpc) is 2.48. The Morgan fingerprint density at radius 3 is 2.38 bits per heavy atom. The first-order chi connectivity index (χ1) is 10.1. The van der Waals surface area contributed by atoms with E-state index in [1.54, 1.807) is 12.1 Å². The molecule has 2 rings (SSSR count). The zero-order chi connectivity index (χ0) is 15.2. The highest BCUT2D eigenvalue weighted by Crippen LogP contribution is 2.18. The van der Waals surface area contributed by atoms with E-state index in [-0.39, 0.29) is 5.91 Å². The molecule has 0 saturated heterocycles. The van der Waals surface area contributed by atoms with Crippen molar-refractivity contribution in [3.63, 3.8) is 0 Å². The van der Waals surface area contributed by atoms with Gasteiger partial charge in [-0.25, -0.2) is 0 Å². The Labute approximate surface area is 125 Å². The first-order valence-electron chi connectivity index (χ1n) is 7.04. The molecule has 0 aliphatic rings. The van der Waals surface area contributed by atoms with Crippen molar-refractivity contribution in [2.75, 3.05) is 11.1 Å². The van der Waals surface area contributed by atoms with Crippen molar-refractivity contribution in [1.29, 1.82) is 0 Å². The SMILES string of the molecule is CC(C)NCc1ccc(C(=O)Nc2ccccc2N)cc1. The fraction of sp³-hybridized carbons (Fsp3) is 0.235. The topological polar surface area (TPSA) is 67.2 Å². The maximum atomic E-state index is 12.2. The van der Waals surface area contributed by atoms with Gasteiger partial charge in [-0.05, 0) is 29.8 Å². The van der Waals surface area contributed by atoms with Crippen LogP contribution in [0.5, 0.6) is 0 Å². The summed E-state index contributed by atoms with van der Waals surface area (Å²) >= 11 is 0. The molecule has 0 atom stereocenters. The molecule has 0 aliphatic carbocycles. The van der Waals surface area contributed by atoms with E-state index in [4.69, 9.17) is 5.73 Å². The molecule has 0 bridgehead atoms. The number of carbonyl (C=O) groups is 1. The Balaban J connectivity index is 2.01.